The molecule has 0 radical (unpaired) electrons. The van der Waals surface area contributed by atoms with Crippen molar-refractivity contribution in [1.29, 1.82) is 0 Å². The first kappa shape index (κ1) is 20.1. The van der Waals surface area contributed by atoms with Gasteiger partial charge in [0.15, 0.2) is 4.34 Å². The number of rotatable bonds is 8. The molecule has 0 spiro atoms. The van der Waals surface area contributed by atoms with Crippen LogP contribution in [0.1, 0.15) is 21.5 Å². The van der Waals surface area contributed by atoms with Crippen molar-refractivity contribution in [3.63, 3.8) is 0 Å². The van der Waals surface area contributed by atoms with Gasteiger partial charge in [-0.25, -0.2) is 0 Å². The van der Waals surface area contributed by atoms with Crippen molar-refractivity contribution in [3.05, 3.63) is 102 Å². The first-order chi connectivity index (χ1) is 14.8. The minimum Gasteiger partial charge on any atom is -0.488 e. The molecule has 4 aromatic rings. The van der Waals surface area contributed by atoms with Crippen LogP contribution in [0.15, 0.2) is 89.3 Å². The Labute approximate surface area is 183 Å². The van der Waals surface area contributed by atoms with E-state index in [1.165, 1.54) is 16.9 Å². The smallest absolute Gasteiger partial charge is 0.261 e. The molecule has 1 aromatic heterocycles. The first-order valence-corrected chi connectivity index (χ1v) is 11.2. The molecule has 0 atom stereocenters. The van der Waals surface area contributed by atoms with Gasteiger partial charge in [-0.15, -0.1) is 10.2 Å². The Morgan fingerprint density at radius 2 is 1.53 bits per heavy atom. The van der Waals surface area contributed by atoms with E-state index in [9.17, 15) is 4.79 Å². The number of nitrogens with one attached hydrogen (secondary N) is 1. The van der Waals surface area contributed by atoms with Crippen LogP contribution in [0.5, 0.6) is 5.75 Å². The summed E-state index contributed by atoms with van der Waals surface area (Å²) in [5, 5.41) is 11.5. The van der Waals surface area contributed by atoms with Crippen LogP contribution in [-0.2, 0) is 12.4 Å². The Hall–Kier alpha value is -3.16. The lowest BCUT2D eigenvalue weighted by Crippen LogP contribution is -2.13. The number of hydrogen-bond donors (Lipinski definition) is 1. The van der Waals surface area contributed by atoms with Crippen LogP contribution in [0.2, 0.25) is 0 Å². The lowest BCUT2D eigenvalue weighted by molar-refractivity contribution is 0.102. The fourth-order valence-corrected chi connectivity index (χ4v) is 4.42. The predicted molar refractivity (Wildman–Crippen MR) is 121 cm³/mol. The second kappa shape index (κ2) is 10.0. The van der Waals surface area contributed by atoms with E-state index in [0.717, 1.165) is 15.7 Å². The van der Waals surface area contributed by atoms with Crippen molar-refractivity contribution < 1.29 is 9.53 Å². The number of ether oxygens (including phenoxy) is 1. The quantitative estimate of drug-likeness (QED) is 0.287. The Bertz CT molecular complexity index is 1100. The van der Waals surface area contributed by atoms with E-state index in [-0.39, 0.29) is 5.91 Å². The van der Waals surface area contributed by atoms with Crippen LogP contribution in [0.4, 0.5) is 5.13 Å². The average Bonchev–Trinajstić information content (AvgIpc) is 3.25. The standard InChI is InChI=1S/C23H19N3O2S2/c27-21(19-13-7-8-14-20(19)28-15-17-9-3-1-4-10-17)24-22-25-26-23(30-22)29-16-18-11-5-2-6-12-18/h1-14H,15-16H2,(H,24,25,27). The Kier molecular flexibility index (Phi) is 6.74. The number of carbonyl (C=O) groups excluding carboxylic acids is 1. The number of thioether (sulfide) groups is 1. The highest BCUT2D eigenvalue weighted by atomic mass is 32.2. The number of amides is 1. The average molecular weight is 434 g/mol. The lowest BCUT2D eigenvalue weighted by atomic mass is 10.2. The highest BCUT2D eigenvalue weighted by molar-refractivity contribution is 8.00. The van der Waals surface area contributed by atoms with Gasteiger partial charge in [-0.2, -0.15) is 0 Å². The summed E-state index contributed by atoms with van der Waals surface area (Å²) in [4.78, 5) is 12.8. The molecular formula is C23H19N3O2S2. The fourth-order valence-electron chi connectivity index (χ4n) is 2.72. The molecule has 0 aliphatic carbocycles. The third-order valence-corrected chi connectivity index (χ3v) is 6.24. The molecule has 4 rings (SSSR count). The van der Waals surface area contributed by atoms with Crippen molar-refractivity contribution in [1.82, 2.24) is 10.2 Å². The summed E-state index contributed by atoms with van der Waals surface area (Å²) >= 11 is 2.95. The molecule has 0 aliphatic heterocycles. The molecule has 30 heavy (non-hydrogen) atoms. The van der Waals surface area contributed by atoms with Crippen molar-refractivity contribution in [3.8, 4) is 5.75 Å². The monoisotopic (exact) mass is 433 g/mol. The van der Waals surface area contributed by atoms with Crippen LogP contribution in [0, 0.1) is 0 Å². The minimum atomic E-state index is -0.269. The molecule has 0 saturated carbocycles. The largest absolute Gasteiger partial charge is 0.488 e. The molecule has 0 unspecified atom stereocenters. The highest BCUT2D eigenvalue weighted by Crippen LogP contribution is 2.29. The normalized spacial score (nSPS) is 10.5. The summed E-state index contributed by atoms with van der Waals surface area (Å²) in [6, 6.07) is 27.2. The fraction of sp³-hybridized carbons (Fsp3) is 0.0870. The zero-order chi connectivity index (χ0) is 20.6. The van der Waals surface area contributed by atoms with Gasteiger partial charge in [-0.05, 0) is 23.3 Å². The van der Waals surface area contributed by atoms with E-state index < -0.39 is 0 Å². The maximum absolute atomic E-state index is 12.8. The van der Waals surface area contributed by atoms with Gasteiger partial charge in [0.2, 0.25) is 5.13 Å². The zero-order valence-corrected chi connectivity index (χ0v) is 17.7. The van der Waals surface area contributed by atoms with Gasteiger partial charge in [0.1, 0.15) is 12.4 Å². The van der Waals surface area contributed by atoms with Gasteiger partial charge in [0, 0.05) is 5.75 Å². The summed E-state index contributed by atoms with van der Waals surface area (Å²) in [7, 11) is 0. The van der Waals surface area contributed by atoms with Crippen molar-refractivity contribution >= 4 is 34.1 Å². The summed E-state index contributed by atoms with van der Waals surface area (Å²) in [5.74, 6) is 1.07. The van der Waals surface area contributed by atoms with Crippen LogP contribution in [-0.4, -0.2) is 16.1 Å². The van der Waals surface area contributed by atoms with Crippen LogP contribution in [0.3, 0.4) is 0 Å². The summed E-state index contributed by atoms with van der Waals surface area (Å²) < 4.78 is 6.69. The molecule has 1 N–H and O–H groups in total. The minimum absolute atomic E-state index is 0.269. The highest BCUT2D eigenvalue weighted by Gasteiger charge is 2.15. The summed E-state index contributed by atoms with van der Waals surface area (Å²) in [6.45, 7) is 0.393. The van der Waals surface area contributed by atoms with Crippen molar-refractivity contribution in [2.75, 3.05) is 5.32 Å². The van der Waals surface area contributed by atoms with Gasteiger partial charge in [0.25, 0.3) is 5.91 Å². The summed E-state index contributed by atoms with van der Waals surface area (Å²) in [5.41, 5.74) is 2.71. The van der Waals surface area contributed by atoms with E-state index in [4.69, 9.17) is 4.74 Å². The molecule has 3 aromatic carbocycles. The van der Waals surface area contributed by atoms with E-state index >= 15 is 0 Å². The maximum Gasteiger partial charge on any atom is 0.261 e. The Morgan fingerprint density at radius 1 is 0.867 bits per heavy atom. The lowest BCUT2D eigenvalue weighted by Gasteiger charge is -2.10. The second-order valence-corrected chi connectivity index (χ2v) is 8.57. The number of para-hydroxylation sites is 1. The molecule has 0 fully saturated rings. The second-order valence-electron chi connectivity index (χ2n) is 6.37. The maximum atomic E-state index is 12.8. The molecule has 5 nitrogen and oxygen atoms in total. The molecule has 0 aliphatic rings. The molecule has 7 heteroatoms. The zero-order valence-electron chi connectivity index (χ0n) is 16.0. The number of nitrogens with zero attached hydrogens (tertiary/aromatic N) is 2. The molecular weight excluding hydrogens is 414 g/mol. The van der Waals surface area contributed by atoms with Gasteiger partial charge in [-0.1, -0.05) is 95.9 Å². The SMILES string of the molecule is O=C(Nc1nnc(SCc2ccccc2)s1)c1ccccc1OCc1ccccc1. The van der Waals surface area contributed by atoms with Gasteiger partial charge in [-0.3, -0.25) is 10.1 Å². The number of benzene rings is 3. The van der Waals surface area contributed by atoms with Gasteiger partial charge >= 0.3 is 0 Å². The topological polar surface area (TPSA) is 64.1 Å². The van der Waals surface area contributed by atoms with Crippen molar-refractivity contribution in [2.45, 2.75) is 16.7 Å². The Morgan fingerprint density at radius 3 is 2.30 bits per heavy atom. The van der Waals surface area contributed by atoms with Gasteiger partial charge in [0.05, 0.1) is 5.56 Å². The number of hydrogen-bond acceptors (Lipinski definition) is 6. The molecule has 1 amide bonds. The third kappa shape index (κ3) is 5.46. The number of aromatic nitrogens is 2. The van der Waals surface area contributed by atoms with Crippen LogP contribution < -0.4 is 10.1 Å². The Balaban J connectivity index is 1.38. The first-order valence-electron chi connectivity index (χ1n) is 9.35. The van der Waals surface area contributed by atoms with Crippen molar-refractivity contribution in [2.24, 2.45) is 0 Å². The van der Waals surface area contributed by atoms with E-state index in [0.29, 0.717) is 23.1 Å². The third-order valence-electron chi connectivity index (χ3n) is 4.20. The van der Waals surface area contributed by atoms with E-state index in [2.05, 4.69) is 27.6 Å². The van der Waals surface area contributed by atoms with Crippen LogP contribution >= 0.6 is 23.1 Å². The van der Waals surface area contributed by atoms with Crippen LogP contribution in [0.25, 0.3) is 0 Å². The molecule has 0 bridgehead atoms. The van der Waals surface area contributed by atoms with E-state index in [1.807, 2.05) is 60.7 Å². The molecule has 150 valence electrons. The molecule has 0 saturated heterocycles. The predicted octanol–water partition coefficient (Wildman–Crippen LogP) is 5.66. The number of carbonyl (C=O) groups is 1. The van der Waals surface area contributed by atoms with Gasteiger partial charge < -0.3 is 4.74 Å². The summed E-state index contributed by atoms with van der Waals surface area (Å²) in [6.07, 6.45) is 0. The molecule has 1 heterocycles. The van der Waals surface area contributed by atoms with E-state index in [1.54, 1.807) is 23.9 Å². The number of anilines is 1.